The maximum Gasteiger partial charge on any atom is 0.149 e. The molecule has 0 radical (unpaired) electrons. The van der Waals surface area contributed by atoms with Gasteiger partial charge in [0.25, 0.3) is 0 Å². The third kappa shape index (κ3) is 2.91. The molecule has 6 heteroatoms. The Kier molecular flexibility index (Phi) is 3.90. The van der Waals surface area contributed by atoms with Gasteiger partial charge in [-0.05, 0) is 24.0 Å². The van der Waals surface area contributed by atoms with Gasteiger partial charge in [-0.2, -0.15) is 4.37 Å². The number of aryl methyl sites for hydroxylation is 1. The van der Waals surface area contributed by atoms with Crippen molar-refractivity contribution in [2.75, 3.05) is 17.7 Å². The highest BCUT2D eigenvalue weighted by molar-refractivity contribution is 7.15. The minimum atomic E-state index is 0.560. The summed E-state index contributed by atoms with van der Waals surface area (Å²) in [7, 11) is 2.06. The molecular weight excluding hydrogens is 300 g/mol. The molecule has 0 aliphatic rings. The second-order valence-electron chi connectivity index (χ2n) is 4.88. The molecular formula is C15H16N4S2. The molecule has 21 heavy (non-hydrogen) atoms. The van der Waals surface area contributed by atoms with Gasteiger partial charge in [0.05, 0.1) is 5.56 Å². The Balaban J connectivity index is 1.92. The molecule has 0 bridgehead atoms. The van der Waals surface area contributed by atoms with Crippen molar-refractivity contribution in [1.29, 1.82) is 0 Å². The number of nitrogens with two attached hydrogens (primary N) is 1. The molecule has 0 saturated carbocycles. The van der Waals surface area contributed by atoms with E-state index in [1.807, 2.05) is 18.4 Å². The van der Waals surface area contributed by atoms with E-state index in [0.717, 1.165) is 27.8 Å². The molecule has 3 rings (SSSR count). The van der Waals surface area contributed by atoms with Gasteiger partial charge >= 0.3 is 0 Å². The molecule has 2 aromatic heterocycles. The van der Waals surface area contributed by atoms with Crippen molar-refractivity contribution in [1.82, 2.24) is 9.36 Å². The first-order valence-electron chi connectivity index (χ1n) is 6.58. The number of aromatic nitrogens is 2. The summed E-state index contributed by atoms with van der Waals surface area (Å²) in [6.45, 7) is 2.81. The Bertz CT molecular complexity index is 733. The zero-order chi connectivity index (χ0) is 14.8. The minimum Gasteiger partial charge on any atom is -0.382 e. The molecule has 1 aromatic carbocycles. The van der Waals surface area contributed by atoms with Crippen LogP contribution in [0.25, 0.3) is 10.6 Å². The molecule has 0 unspecified atom stereocenters. The Morgan fingerprint density at radius 1 is 1.24 bits per heavy atom. The van der Waals surface area contributed by atoms with E-state index < -0.39 is 0 Å². The van der Waals surface area contributed by atoms with Crippen LogP contribution >= 0.6 is 22.9 Å². The van der Waals surface area contributed by atoms with E-state index in [4.69, 9.17) is 5.73 Å². The number of hydrogen-bond acceptors (Lipinski definition) is 6. The van der Waals surface area contributed by atoms with E-state index in [2.05, 4.69) is 45.6 Å². The lowest BCUT2D eigenvalue weighted by Crippen LogP contribution is -2.15. The van der Waals surface area contributed by atoms with Gasteiger partial charge in [0.2, 0.25) is 0 Å². The maximum atomic E-state index is 6.05. The van der Waals surface area contributed by atoms with Gasteiger partial charge in [-0.15, -0.1) is 11.3 Å². The maximum absolute atomic E-state index is 6.05. The molecule has 2 heterocycles. The summed E-state index contributed by atoms with van der Waals surface area (Å²) in [5, 5.41) is 4.03. The molecule has 0 fully saturated rings. The second kappa shape index (κ2) is 5.83. The van der Waals surface area contributed by atoms with Crippen LogP contribution in [-0.4, -0.2) is 16.4 Å². The molecule has 108 valence electrons. The highest BCUT2D eigenvalue weighted by Crippen LogP contribution is 2.40. The number of anilines is 2. The second-order valence-corrected chi connectivity index (χ2v) is 6.49. The van der Waals surface area contributed by atoms with Crippen LogP contribution in [0.1, 0.15) is 11.3 Å². The SMILES string of the molecule is Cc1csc(-c2c(N)nsc2N(C)Cc2ccccc2)n1. The van der Waals surface area contributed by atoms with Gasteiger partial charge < -0.3 is 10.6 Å². The summed E-state index contributed by atoms with van der Waals surface area (Å²) in [5.74, 6) is 0.560. The van der Waals surface area contributed by atoms with E-state index in [-0.39, 0.29) is 0 Å². The van der Waals surface area contributed by atoms with Crippen LogP contribution in [0.5, 0.6) is 0 Å². The first-order chi connectivity index (χ1) is 10.1. The molecule has 0 amide bonds. The van der Waals surface area contributed by atoms with E-state index in [9.17, 15) is 0 Å². The summed E-state index contributed by atoms with van der Waals surface area (Å²) < 4.78 is 4.31. The van der Waals surface area contributed by atoms with Gasteiger partial charge in [-0.3, -0.25) is 0 Å². The fourth-order valence-electron chi connectivity index (χ4n) is 2.15. The molecule has 0 spiro atoms. The Hall–Kier alpha value is -1.92. The van der Waals surface area contributed by atoms with Gasteiger partial charge in [-0.1, -0.05) is 30.3 Å². The smallest absolute Gasteiger partial charge is 0.149 e. The van der Waals surface area contributed by atoms with Crippen molar-refractivity contribution in [2.24, 2.45) is 0 Å². The number of nitrogens with zero attached hydrogens (tertiary/aromatic N) is 3. The van der Waals surface area contributed by atoms with E-state index in [1.54, 1.807) is 11.3 Å². The molecule has 3 aromatic rings. The van der Waals surface area contributed by atoms with Gasteiger partial charge in [0.1, 0.15) is 15.8 Å². The fourth-order valence-corrected chi connectivity index (χ4v) is 3.84. The van der Waals surface area contributed by atoms with Gasteiger partial charge in [0.15, 0.2) is 0 Å². The molecule has 4 nitrogen and oxygen atoms in total. The molecule has 0 atom stereocenters. The quantitative estimate of drug-likeness (QED) is 0.795. The Labute approximate surface area is 132 Å². The zero-order valence-electron chi connectivity index (χ0n) is 11.9. The average Bonchev–Trinajstić information content (AvgIpc) is 3.05. The highest BCUT2D eigenvalue weighted by atomic mass is 32.1. The molecule has 0 aliphatic carbocycles. The first kappa shape index (κ1) is 14.0. The molecule has 0 saturated heterocycles. The average molecular weight is 316 g/mol. The third-order valence-corrected chi connectivity index (χ3v) is 5.10. The number of hydrogen-bond donors (Lipinski definition) is 1. The summed E-state index contributed by atoms with van der Waals surface area (Å²) in [6.07, 6.45) is 0. The number of nitrogen functional groups attached to an aromatic ring is 1. The van der Waals surface area contributed by atoms with Crippen molar-refractivity contribution in [3.05, 3.63) is 47.0 Å². The Morgan fingerprint density at radius 3 is 2.67 bits per heavy atom. The van der Waals surface area contributed by atoms with Crippen LogP contribution < -0.4 is 10.6 Å². The van der Waals surface area contributed by atoms with E-state index >= 15 is 0 Å². The summed E-state index contributed by atoms with van der Waals surface area (Å²) >= 11 is 3.03. The zero-order valence-corrected chi connectivity index (χ0v) is 13.5. The normalized spacial score (nSPS) is 10.8. The predicted molar refractivity (Wildman–Crippen MR) is 90.9 cm³/mol. The van der Waals surface area contributed by atoms with Crippen LogP contribution in [0.4, 0.5) is 10.8 Å². The summed E-state index contributed by atoms with van der Waals surface area (Å²) in [5.41, 5.74) is 9.28. The standard InChI is InChI=1S/C15H16N4S2/c1-10-9-20-14(17-10)12-13(16)18-21-15(12)19(2)8-11-6-4-3-5-7-11/h3-7,9H,8H2,1-2H3,(H2,16,18). The lowest BCUT2D eigenvalue weighted by Gasteiger charge is -2.18. The van der Waals surface area contributed by atoms with Crippen molar-refractivity contribution in [3.8, 4) is 10.6 Å². The van der Waals surface area contributed by atoms with Gasteiger partial charge in [-0.25, -0.2) is 4.98 Å². The number of rotatable bonds is 4. The van der Waals surface area contributed by atoms with Crippen molar-refractivity contribution < 1.29 is 0 Å². The molecule has 0 aliphatic heterocycles. The van der Waals surface area contributed by atoms with Crippen LogP contribution in [-0.2, 0) is 6.54 Å². The number of thiazole rings is 1. The number of benzene rings is 1. The van der Waals surface area contributed by atoms with Crippen LogP contribution in [0.2, 0.25) is 0 Å². The lowest BCUT2D eigenvalue weighted by atomic mass is 10.2. The first-order valence-corrected chi connectivity index (χ1v) is 8.23. The van der Waals surface area contributed by atoms with Crippen LogP contribution in [0.15, 0.2) is 35.7 Å². The minimum absolute atomic E-state index is 0.560. The van der Waals surface area contributed by atoms with Gasteiger partial charge in [0, 0.05) is 24.7 Å². The topological polar surface area (TPSA) is 55.0 Å². The van der Waals surface area contributed by atoms with Crippen LogP contribution in [0, 0.1) is 6.92 Å². The predicted octanol–water partition coefficient (Wildman–Crippen LogP) is 3.79. The van der Waals surface area contributed by atoms with Crippen molar-refractivity contribution in [3.63, 3.8) is 0 Å². The van der Waals surface area contributed by atoms with Crippen molar-refractivity contribution in [2.45, 2.75) is 13.5 Å². The largest absolute Gasteiger partial charge is 0.382 e. The molecule has 2 N–H and O–H groups in total. The van der Waals surface area contributed by atoms with E-state index in [0.29, 0.717) is 5.82 Å². The fraction of sp³-hybridized carbons (Fsp3) is 0.200. The lowest BCUT2D eigenvalue weighted by molar-refractivity contribution is 0.936. The Morgan fingerprint density at radius 2 is 2.00 bits per heavy atom. The van der Waals surface area contributed by atoms with E-state index in [1.165, 1.54) is 17.1 Å². The van der Waals surface area contributed by atoms with Crippen LogP contribution in [0.3, 0.4) is 0 Å². The van der Waals surface area contributed by atoms with Crippen molar-refractivity contribution >= 4 is 33.7 Å². The highest BCUT2D eigenvalue weighted by Gasteiger charge is 2.19. The third-order valence-electron chi connectivity index (χ3n) is 3.14. The monoisotopic (exact) mass is 316 g/mol. The summed E-state index contributed by atoms with van der Waals surface area (Å²) in [6, 6.07) is 10.4. The summed E-state index contributed by atoms with van der Waals surface area (Å²) in [4.78, 5) is 6.72.